The van der Waals surface area contributed by atoms with E-state index in [9.17, 15) is 53.4 Å². The van der Waals surface area contributed by atoms with Crippen molar-refractivity contribution in [3.63, 3.8) is 0 Å². The Labute approximate surface area is 412 Å². The van der Waals surface area contributed by atoms with Crippen LogP contribution < -0.4 is 43.4 Å². The third-order valence-electron chi connectivity index (χ3n) is 12.9. The number of fused-ring (bicyclic) bond motifs is 1. The van der Waals surface area contributed by atoms with Crippen LogP contribution in [-0.4, -0.2) is 145 Å². The molecule has 1 aromatic heterocycles. The SMILES string of the molecule is CC[C@H](C)[C@H](NC(=O)[C@@H](Cc1c[nH]c2ccccc12)NC(=O)CC1(S)CCCCC1)C(=O)N[C@H](C(=O)N[C@@H](CC(N)=O)C(=O)N[C@@H](CS)C(=O)N1CCC[C@H]1C(=O)N[C@@H](CCCN)C(=O)O)[C@@H](C)O. The topological polar surface area (TPSA) is 337 Å². The van der Waals surface area contributed by atoms with Crippen molar-refractivity contribution in [3.8, 4) is 0 Å². The first-order valence-electron chi connectivity index (χ1n) is 23.6. The van der Waals surface area contributed by atoms with Crippen molar-refractivity contribution < 1.29 is 53.4 Å². The minimum Gasteiger partial charge on any atom is -0.480 e. The zero-order valence-corrected chi connectivity index (χ0v) is 41.3. The highest BCUT2D eigenvalue weighted by molar-refractivity contribution is 7.81. The summed E-state index contributed by atoms with van der Waals surface area (Å²) in [7, 11) is 0. The minimum absolute atomic E-state index is 0.0640. The first-order chi connectivity index (χ1) is 32.7. The lowest BCUT2D eigenvalue weighted by Crippen LogP contribution is -2.63. The van der Waals surface area contributed by atoms with Crippen molar-refractivity contribution in [2.45, 2.75) is 157 Å². The van der Waals surface area contributed by atoms with Gasteiger partial charge in [0, 0.05) is 47.0 Å². The molecular weight excluding hydrogens is 933 g/mol. The Balaban J connectivity index is 1.49. The minimum atomic E-state index is -1.75. The second-order valence-corrected chi connectivity index (χ2v) is 19.6. The lowest BCUT2D eigenvalue weighted by molar-refractivity contribution is -0.145. The van der Waals surface area contributed by atoms with Gasteiger partial charge in [0.2, 0.25) is 47.3 Å². The normalized spacial score (nSPS) is 19.1. The molecule has 9 atom stereocenters. The molecule has 0 radical (unpaired) electrons. The number of aliphatic hydroxyl groups excluding tert-OH is 1. The first kappa shape index (κ1) is 56.2. The number of carbonyl (C=O) groups is 9. The molecule has 8 amide bonds. The van der Waals surface area contributed by atoms with E-state index in [0.29, 0.717) is 19.3 Å². The predicted octanol–water partition coefficient (Wildman–Crippen LogP) is -0.311. The van der Waals surface area contributed by atoms with Gasteiger partial charge in [0.1, 0.15) is 42.3 Å². The number of aliphatic carboxylic acids is 1. The lowest BCUT2D eigenvalue weighted by atomic mass is 9.85. The molecule has 2 heterocycles. The number of primary amides is 1. The van der Waals surface area contributed by atoms with Gasteiger partial charge in [0.25, 0.3) is 0 Å². The maximum Gasteiger partial charge on any atom is 0.326 e. The number of hydrogen-bond acceptors (Lipinski definition) is 13. The average Bonchev–Trinajstić information content (AvgIpc) is 3.97. The maximum atomic E-state index is 14.3. The quantitative estimate of drug-likeness (QED) is 0.0540. The van der Waals surface area contributed by atoms with E-state index in [4.69, 9.17) is 24.1 Å². The highest BCUT2D eigenvalue weighted by atomic mass is 32.1. The fourth-order valence-corrected chi connectivity index (χ4v) is 9.45. The summed E-state index contributed by atoms with van der Waals surface area (Å²) in [6.45, 7) is 4.99. The number of carbonyl (C=O) groups excluding carboxylic acids is 8. The number of likely N-dealkylation sites (tertiary alicyclic amines) is 1. The van der Waals surface area contributed by atoms with E-state index in [2.05, 4.69) is 49.5 Å². The number of benzene rings is 1. The summed E-state index contributed by atoms with van der Waals surface area (Å²) in [5.41, 5.74) is 12.5. The number of nitrogens with two attached hydrogens (primary N) is 2. The van der Waals surface area contributed by atoms with Crippen molar-refractivity contribution in [2.24, 2.45) is 17.4 Å². The molecule has 0 spiro atoms. The Morgan fingerprint density at radius 1 is 0.841 bits per heavy atom. The number of H-pyrrole nitrogens is 1. The monoisotopic (exact) mass is 1000 g/mol. The second kappa shape index (κ2) is 26.6. The Morgan fingerprint density at radius 2 is 1.48 bits per heavy atom. The summed E-state index contributed by atoms with van der Waals surface area (Å²) in [6, 6.07) is -2.14. The van der Waals surface area contributed by atoms with E-state index in [1.165, 1.54) is 11.8 Å². The molecule has 0 unspecified atom stereocenters. The van der Waals surface area contributed by atoms with Crippen LogP contribution in [0.2, 0.25) is 0 Å². The molecule has 2 aromatic rings. The number of para-hydroxylation sites is 1. The van der Waals surface area contributed by atoms with Gasteiger partial charge in [-0.3, -0.25) is 38.4 Å². The number of thiol groups is 2. The number of carboxylic acid groups (broad SMARTS) is 1. The van der Waals surface area contributed by atoms with Crippen LogP contribution in [0, 0.1) is 5.92 Å². The van der Waals surface area contributed by atoms with Crippen molar-refractivity contribution in [2.75, 3.05) is 18.8 Å². The molecule has 1 saturated heterocycles. The van der Waals surface area contributed by atoms with E-state index in [1.807, 2.05) is 24.3 Å². The van der Waals surface area contributed by atoms with Gasteiger partial charge in [-0.05, 0) is 69.5 Å². The van der Waals surface area contributed by atoms with Crippen LogP contribution in [-0.2, 0) is 49.6 Å². The summed E-state index contributed by atoms with van der Waals surface area (Å²) in [6.07, 6.45) is 5.32. The van der Waals surface area contributed by atoms with Gasteiger partial charge in [-0.15, -0.1) is 0 Å². The summed E-state index contributed by atoms with van der Waals surface area (Å²) in [4.78, 5) is 125. The van der Waals surface area contributed by atoms with Gasteiger partial charge in [-0.25, -0.2) is 4.79 Å². The third-order valence-corrected chi connectivity index (χ3v) is 13.8. The standard InChI is InChI=1S/C46H70N10O11S2/c1-4-25(2)37(54-40(61)31(20-27-23-49-29-13-7-6-12-28(27)29)50-36(59)22-46(69)16-8-5-9-17-46)42(63)55-38(26(3)57)43(64)52-32(21-35(48)58)39(60)53-33(24-68)44(65)56-19-11-15-34(56)41(62)51-30(45(66)67)14-10-18-47/h6-7,12-13,23,25-26,30-34,37-38,49,57,68-69H,4-5,8-11,14-22,24,47H2,1-3H3,(H2,48,58)(H,50,59)(H,51,62)(H,52,64)(H,53,60)(H,54,61)(H,55,63)(H,66,67)/t25-,26+,30-,31+,32-,33-,34-,37-,38-/m0/s1. The molecule has 1 aliphatic heterocycles. The third kappa shape index (κ3) is 16.1. The number of nitrogens with one attached hydrogen (secondary N) is 7. The molecule has 23 heteroatoms. The second-order valence-electron chi connectivity index (χ2n) is 18.2. The van der Waals surface area contributed by atoms with Crippen LogP contribution in [0.4, 0.5) is 0 Å². The van der Waals surface area contributed by atoms with Crippen LogP contribution in [0.3, 0.4) is 0 Å². The summed E-state index contributed by atoms with van der Waals surface area (Å²) >= 11 is 9.07. The van der Waals surface area contributed by atoms with Gasteiger partial charge < -0.3 is 63.5 Å². The molecular formula is C46H70N10O11S2. The van der Waals surface area contributed by atoms with Crippen molar-refractivity contribution in [3.05, 3.63) is 36.0 Å². The summed E-state index contributed by atoms with van der Waals surface area (Å²) in [5.74, 6) is -8.68. The highest BCUT2D eigenvalue weighted by Crippen LogP contribution is 2.36. The Kier molecular flexibility index (Phi) is 21.6. The van der Waals surface area contributed by atoms with Crippen LogP contribution >= 0.6 is 25.3 Å². The van der Waals surface area contributed by atoms with Gasteiger partial charge in [0.05, 0.1) is 12.5 Å². The van der Waals surface area contributed by atoms with E-state index in [1.54, 1.807) is 20.0 Å². The number of aromatic amines is 1. The fraction of sp³-hybridized carbons (Fsp3) is 0.630. The molecule has 1 aromatic carbocycles. The van der Waals surface area contributed by atoms with E-state index in [0.717, 1.165) is 48.6 Å². The zero-order chi connectivity index (χ0) is 51.0. The predicted molar refractivity (Wildman–Crippen MR) is 262 cm³/mol. The van der Waals surface area contributed by atoms with Crippen molar-refractivity contribution in [1.82, 2.24) is 41.8 Å². The maximum absolute atomic E-state index is 14.3. The van der Waals surface area contributed by atoms with E-state index in [-0.39, 0.29) is 50.4 Å². The zero-order valence-electron chi connectivity index (χ0n) is 39.5. The van der Waals surface area contributed by atoms with E-state index < -0.39 is 113 Å². The smallest absolute Gasteiger partial charge is 0.326 e. The molecule has 21 nitrogen and oxygen atoms in total. The van der Waals surface area contributed by atoms with Gasteiger partial charge in [-0.2, -0.15) is 25.3 Å². The van der Waals surface area contributed by atoms with Crippen LogP contribution in [0.5, 0.6) is 0 Å². The number of hydrogen-bond donors (Lipinski definition) is 13. The van der Waals surface area contributed by atoms with Gasteiger partial charge in [-0.1, -0.05) is 57.7 Å². The van der Waals surface area contributed by atoms with Crippen molar-refractivity contribution >= 4 is 89.4 Å². The van der Waals surface area contributed by atoms with Gasteiger partial charge >= 0.3 is 5.97 Å². The van der Waals surface area contributed by atoms with Crippen LogP contribution in [0.25, 0.3) is 10.9 Å². The highest BCUT2D eigenvalue weighted by Gasteiger charge is 2.41. The van der Waals surface area contributed by atoms with Crippen LogP contribution in [0.15, 0.2) is 30.5 Å². The van der Waals surface area contributed by atoms with Crippen molar-refractivity contribution in [1.29, 1.82) is 0 Å². The molecule has 69 heavy (non-hydrogen) atoms. The molecule has 2 fully saturated rings. The number of aromatic nitrogens is 1. The Hall–Kier alpha value is -5.39. The number of nitrogens with zero attached hydrogens (tertiary/aromatic N) is 1. The van der Waals surface area contributed by atoms with Crippen LogP contribution in [0.1, 0.15) is 103 Å². The number of aliphatic hydroxyl groups is 1. The lowest BCUT2D eigenvalue weighted by Gasteiger charge is -2.33. The summed E-state index contributed by atoms with van der Waals surface area (Å²) < 4.78 is -0.527. The largest absolute Gasteiger partial charge is 0.480 e. The molecule has 2 aliphatic rings. The number of amides is 8. The Bertz CT molecular complexity index is 2150. The first-order valence-corrected chi connectivity index (χ1v) is 24.7. The molecule has 1 aliphatic carbocycles. The number of rotatable bonds is 26. The summed E-state index contributed by atoms with van der Waals surface area (Å²) in [5, 5.41) is 36.6. The molecule has 382 valence electrons. The molecule has 4 rings (SSSR count). The fourth-order valence-electron chi connectivity index (χ4n) is 8.74. The van der Waals surface area contributed by atoms with Gasteiger partial charge in [0.15, 0.2) is 0 Å². The number of carboxylic acids is 1. The molecule has 13 N–H and O–H groups in total. The average molecular weight is 1000 g/mol. The molecule has 0 bridgehead atoms. The molecule has 1 saturated carbocycles. The Morgan fingerprint density at radius 3 is 2.10 bits per heavy atom. The van der Waals surface area contributed by atoms with E-state index >= 15 is 0 Å².